The van der Waals surface area contributed by atoms with Gasteiger partial charge < -0.3 is 10.0 Å². The molecule has 3 unspecified atom stereocenters. The van der Waals surface area contributed by atoms with Gasteiger partial charge in [-0.2, -0.15) is 0 Å². The summed E-state index contributed by atoms with van der Waals surface area (Å²) in [5, 5.41) is 9.87. The number of nitrogens with zero attached hydrogens (tertiary/aromatic N) is 1. The van der Waals surface area contributed by atoms with Crippen LogP contribution in [-0.2, 0) is 0 Å². The van der Waals surface area contributed by atoms with Crippen LogP contribution in [0.3, 0.4) is 0 Å². The van der Waals surface area contributed by atoms with Gasteiger partial charge in [-0.1, -0.05) is 6.42 Å². The Balaban J connectivity index is 1.50. The van der Waals surface area contributed by atoms with Gasteiger partial charge >= 0.3 is 0 Å². The third-order valence-electron chi connectivity index (χ3n) is 4.41. The van der Waals surface area contributed by atoms with Crippen LogP contribution in [0.5, 0.6) is 0 Å². The third kappa shape index (κ3) is 1.70. The van der Waals surface area contributed by atoms with E-state index in [1.807, 2.05) is 0 Å². The molecule has 0 radical (unpaired) electrons. The molecule has 2 nitrogen and oxygen atoms in total. The fraction of sp³-hybridized carbons (Fsp3) is 1.00. The number of aliphatic hydroxyl groups excluding tert-OH is 1. The van der Waals surface area contributed by atoms with Crippen LogP contribution in [0, 0.1) is 17.8 Å². The first-order valence-corrected chi connectivity index (χ1v) is 6.23. The van der Waals surface area contributed by atoms with Crippen molar-refractivity contribution < 1.29 is 5.11 Å². The molecule has 1 aliphatic heterocycles. The van der Waals surface area contributed by atoms with Gasteiger partial charge in [-0.05, 0) is 43.4 Å². The maximum atomic E-state index is 9.87. The van der Waals surface area contributed by atoms with Gasteiger partial charge in [0, 0.05) is 19.6 Å². The molecule has 0 spiro atoms. The minimum Gasteiger partial charge on any atom is -0.392 e. The summed E-state index contributed by atoms with van der Waals surface area (Å²) in [7, 11) is 0. The molecule has 1 saturated heterocycles. The van der Waals surface area contributed by atoms with Crippen LogP contribution in [0.1, 0.15) is 32.1 Å². The smallest absolute Gasteiger partial charge is 0.0695 e. The quantitative estimate of drug-likeness (QED) is 0.737. The summed E-state index contributed by atoms with van der Waals surface area (Å²) in [5.41, 5.74) is 0. The Labute approximate surface area is 86.3 Å². The molecule has 2 aliphatic carbocycles. The number of aliphatic hydroxyl groups is 1. The molecule has 3 fully saturated rings. The van der Waals surface area contributed by atoms with E-state index in [1.165, 1.54) is 45.2 Å². The van der Waals surface area contributed by atoms with E-state index in [4.69, 9.17) is 0 Å². The topological polar surface area (TPSA) is 23.5 Å². The highest BCUT2D eigenvalue weighted by Crippen LogP contribution is 2.39. The Bertz CT molecular complexity index is 202. The fourth-order valence-corrected chi connectivity index (χ4v) is 3.38. The summed E-state index contributed by atoms with van der Waals surface area (Å²) in [6.45, 7) is 3.50. The van der Waals surface area contributed by atoms with Gasteiger partial charge in [-0.25, -0.2) is 0 Å². The third-order valence-corrected chi connectivity index (χ3v) is 4.41. The molecular weight excluding hydrogens is 174 g/mol. The van der Waals surface area contributed by atoms with Crippen LogP contribution < -0.4 is 0 Å². The average Bonchev–Trinajstić information content (AvgIpc) is 2.80. The normalized spacial score (nSPS) is 40.1. The Morgan fingerprint density at radius 1 is 1.07 bits per heavy atom. The minimum absolute atomic E-state index is 0.0196. The minimum atomic E-state index is -0.0196. The van der Waals surface area contributed by atoms with Crippen LogP contribution in [0.4, 0.5) is 0 Å². The van der Waals surface area contributed by atoms with Gasteiger partial charge in [0.05, 0.1) is 6.10 Å². The second kappa shape index (κ2) is 3.49. The number of fused-ring (bicyclic) bond motifs is 1. The number of β-amino-alcohol motifs (C(OH)–C–C–N with tert-alkyl or cyclic N) is 1. The molecule has 2 saturated carbocycles. The van der Waals surface area contributed by atoms with Crippen molar-refractivity contribution in [1.82, 2.24) is 4.90 Å². The fourth-order valence-electron chi connectivity index (χ4n) is 3.38. The van der Waals surface area contributed by atoms with Gasteiger partial charge in [0.1, 0.15) is 0 Å². The summed E-state index contributed by atoms with van der Waals surface area (Å²) >= 11 is 0. The molecule has 3 atom stereocenters. The maximum absolute atomic E-state index is 9.87. The standard InChI is InChI=1S/C12H21NO/c14-12(9-4-5-9)8-13-6-10-2-1-3-11(10)7-13/h9-12,14H,1-8H2. The van der Waals surface area contributed by atoms with Gasteiger partial charge in [0.15, 0.2) is 0 Å². The summed E-state index contributed by atoms with van der Waals surface area (Å²) in [6.07, 6.45) is 6.85. The van der Waals surface area contributed by atoms with Crippen molar-refractivity contribution in [3.63, 3.8) is 0 Å². The Kier molecular flexibility index (Phi) is 2.29. The number of hydrogen-bond donors (Lipinski definition) is 1. The van der Waals surface area contributed by atoms with E-state index in [1.54, 1.807) is 0 Å². The molecule has 1 heterocycles. The lowest BCUT2D eigenvalue weighted by Crippen LogP contribution is -2.32. The van der Waals surface area contributed by atoms with Crippen LogP contribution in [0.25, 0.3) is 0 Å². The van der Waals surface area contributed by atoms with Crippen LogP contribution in [0.15, 0.2) is 0 Å². The first kappa shape index (κ1) is 9.17. The zero-order chi connectivity index (χ0) is 9.54. The first-order chi connectivity index (χ1) is 6.83. The zero-order valence-corrected chi connectivity index (χ0v) is 8.86. The van der Waals surface area contributed by atoms with Crippen LogP contribution in [0.2, 0.25) is 0 Å². The SMILES string of the molecule is OC(CN1CC2CCCC2C1)C1CC1. The van der Waals surface area contributed by atoms with Crippen molar-refractivity contribution in [2.75, 3.05) is 19.6 Å². The largest absolute Gasteiger partial charge is 0.392 e. The zero-order valence-electron chi connectivity index (χ0n) is 8.86. The van der Waals surface area contributed by atoms with Crippen molar-refractivity contribution in [3.8, 4) is 0 Å². The molecule has 80 valence electrons. The lowest BCUT2D eigenvalue weighted by molar-refractivity contribution is 0.102. The van der Waals surface area contributed by atoms with E-state index >= 15 is 0 Å². The van der Waals surface area contributed by atoms with Crippen molar-refractivity contribution in [1.29, 1.82) is 0 Å². The van der Waals surface area contributed by atoms with Gasteiger partial charge in [0.2, 0.25) is 0 Å². The summed E-state index contributed by atoms with van der Waals surface area (Å²) < 4.78 is 0. The highest BCUT2D eigenvalue weighted by atomic mass is 16.3. The molecule has 3 aliphatic rings. The second-order valence-electron chi connectivity index (χ2n) is 5.57. The number of rotatable bonds is 3. The molecule has 0 aromatic heterocycles. The summed E-state index contributed by atoms with van der Waals surface area (Å²) in [6, 6.07) is 0. The lowest BCUT2D eigenvalue weighted by atomic mass is 10.0. The Morgan fingerprint density at radius 3 is 2.29 bits per heavy atom. The Morgan fingerprint density at radius 2 is 1.71 bits per heavy atom. The van der Waals surface area contributed by atoms with E-state index in [9.17, 15) is 5.11 Å². The number of hydrogen-bond acceptors (Lipinski definition) is 2. The highest BCUT2D eigenvalue weighted by molar-refractivity contribution is 4.91. The predicted octanol–water partition coefficient (Wildman–Crippen LogP) is 1.49. The summed E-state index contributed by atoms with van der Waals surface area (Å²) in [5.74, 6) is 2.60. The molecule has 0 aromatic rings. The van der Waals surface area contributed by atoms with E-state index in [0.29, 0.717) is 5.92 Å². The average molecular weight is 195 g/mol. The van der Waals surface area contributed by atoms with Crippen molar-refractivity contribution in [3.05, 3.63) is 0 Å². The van der Waals surface area contributed by atoms with Crippen LogP contribution >= 0.6 is 0 Å². The molecule has 0 amide bonds. The van der Waals surface area contributed by atoms with Gasteiger partial charge in [0.25, 0.3) is 0 Å². The Hall–Kier alpha value is -0.0800. The second-order valence-corrected chi connectivity index (χ2v) is 5.57. The molecular formula is C12H21NO. The molecule has 0 bridgehead atoms. The molecule has 3 rings (SSSR count). The van der Waals surface area contributed by atoms with Gasteiger partial charge in [-0.3, -0.25) is 0 Å². The molecule has 14 heavy (non-hydrogen) atoms. The van der Waals surface area contributed by atoms with Crippen molar-refractivity contribution in [2.24, 2.45) is 17.8 Å². The van der Waals surface area contributed by atoms with Crippen molar-refractivity contribution >= 4 is 0 Å². The lowest BCUT2D eigenvalue weighted by Gasteiger charge is -2.20. The van der Waals surface area contributed by atoms with E-state index in [-0.39, 0.29) is 6.10 Å². The first-order valence-electron chi connectivity index (χ1n) is 6.23. The molecule has 2 heteroatoms. The monoisotopic (exact) mass is 195 g/mol. The van der Waals surface area contributed by atoms with E-state index < -0.39 is 0 Å². The summed E-state index contributed by atoms with van der Waals surface area (Å²) in [4.78, 5) is 2.51. The van der Waals surface area contributed by atoms with Crippen molar-refractivity contribution in [2.45, 2.75) is 38.2 Å². The molecule has 1 N–H and O–H groups in total. The number of likely N-dealkylation sites (tertiary alicyclic amines) is 1. The maximum Gasteiger partial charge on any atom is 0.0695 e. The van der Waals surface area contributed by atoms with E-state index in [2.05, 4.69) is 4.90 Å². The van der Waals surface area contributed by atoms with Gasteiger partial charge in [-0.15, -0.1) is 0 Å². The van der Waals surface area contributed by atoms with E-state index in [0.717, 1.165) is 18.4 Å². The highest BCUT2D eigenvalue weighted by Gasteiger charge is 2.38. The van der Waals surface area contributed by atoms with Crippen LogP contribution in [-0.4, -0.2) is 35.7 Å². The molecule has 0 aromatic carbocycles. The predicted molar refractivity (Wildman–Crippen MR) is 56.0 cm³/mol.